The van der Waals surface area contributed by atoms with Crippen molar-refractivity contribution >= 4 is 41.9 Å². The first-order chi connectivity index (χ1) is 14.5. The number of sulfone groups is 1. The van der Waals surface area contributed by atoms with Crippen molar-refractivity contribution in [2.24, 2.45) is 0 Å². The number of benzene rings is 2. The lowest BCUT2D eigenvalue weighted by Gasteiger charge is -2.40. The van der Waals surface area contributed by atoms with E-state index in [-0.39, 0.29) is 36.4 Å². The molecule has 5 nitrogen and oxygen atoms in total. The molecule has 18 heteroatoms. The van der Waals surface area contributed by atoms with Gasteiger partial charge < -0.3 is 10.4 Å². The fourth-order valence-corrected chi connectivity index (χ4v) is 5.37. The fourth-order valence-electron chi connectivity index (χ4n) is 2.48. The van der Waals surface area contributed by atoms with Gasteiger partial charge in [-0.3, -0.25) is 4.79 Å². The Hall–Kier alpha value is -2.18. The van der Waals surface area contributed by atoms with E-state index >= 15 is 0 Å². The van der Waals surface area contributed by atoms with Crippen LogP contribution < -0.4 is 5.32 Å². The van der Waals surface area contributed by atoms with Crippen molar-refractivity contribution in [3.63, 3.8) is 0 Å². The Balaban J connectivity index is 2.23. The Labute approximate surface area is 186 Å². The first-order valence-electron chi connectivity index (χ1n) is 8.45. The summed E-state index contributed by atoms with van der Waals surface area (Å²) in [6, 6.07) is 0.715. The van der Waals surface area contributed by atoms with Crippen LogP contribution in [0.3, 0.4) is 0 Å². The number of amides is 1. The fraction of sp³-hybridized carbons (Fsp3) is 0.188. The molecule has 34 heavy (non-hydrogen) atoms. The molecular weight excluding hydrogens is 556 g/mol. The Kier molecular flexibility index (Phi) is 5.38. The summed E-state index contributed by atoms with van der Waals surface area (Å²) in [5, 5.41) is 12.0. The zero-order chi connectivity index (χ0) is 26.8. The quantitative estimate of drug-likeness (QED) is 0.346. The number of anilines is 1. The van der Waals surface area contributed by atoms with E-state index in [9.17, 15) is 57.2 Å². The van der Waals surface area contributed by atoms with Crippen LogP contribution in [0.15, 0.2) is 63.2 Å². The zero-order valence-electron chi connectivity index (χ0n) is 16.5. The minimum atomic E-state index is -10.1. The van der Waals surface area contributed by atoms with Crippen LogP contribution in [-0.2, 0) is 14.6 Å². The monoisotopic (exact) mass is 571 g/mol. The standard InChI is InChI=1S/C16H15F10NO4S3/c1-16(29,15(28)27-11-2-6-13(7-3-11)33(17,18,19,20)21)10-32(30,31)12-4-8-14(9-5-12)34(22,23,24,25)26/h2-9,29H,10H2,1H3,(H,27,28). The number of hydrogen-bond donors (Lipinski definition) is 2. The summed E-state index contributed by atoms with van der Waals surface area (Å²) in [7, 11) is -24.8. The largest absolute Gasteiger partial charge is 0.379 e. The van der Waals surface area contributed by atoms with Crippen molar-refractivity contribution < 1.29 is 57.2 Å². The summed E-state index contributed by atoms with van der Waals surface area (Å²) < 4.78 is 152. The molecule has 2 rings (SSSR count). The van der Waals surface area contributed by atoms with E-state index < -0.39 is 67.9 Å². The second-order valence-corrected chi connectivity index (χ2v) is 14.2. The highest BCUT2D eigenvalue weighted by molar-refractivity contribution is 8.46. The Morgan fingerprint density at radius 3 is 1.50 bits per heavy atom. The second-order valence-electron chi connectivity index (χ2n) is 7.42. The lowest BCUT2D eigenvalue weighted by Crippen LogP contribution is -2.45. The van der Waals surface area contributed by atoms with Crippen molar-refractivity contribution in [3.8, 4) is 0 Å². The predicted octanol–water partition coefficient (Wildman–Crippen LogP) is 7.16. The van der Waals surface area contributed by atoms with Gasteiger partial charge >= 0.3 is 20.4 Å². The van der Waals surface area contributed by atoms with E-state index in [0.29, 0.717) is 19.1 Å². The molecule has 196 valence electrons. The van der Waals surface area contributed by atoms with Gasteiger partial charge in [0.15, 0.2) is 15.4 Å². The molecule has 0 aliphatic carbocycles. The summed E-state index contributed by atoms with van der Waals surface area (Å²) in [6.45, 7) is 0.631. The van der Waals surface area contributed by atoms with Gasteiger partial charge in [-0.2, -0.15) is 0 Å². The molecule has 0 saturated heterocycles. The normalized spacial score (nSPS) is 19.1. The van der Waals surface area contributed by atoms with E-state index in [2.05, 4.69) is 0 Å². The molecule has 0 fully saturated rings. The van der Waals surface area contributed by atoms with Crippen molar-refractivity contribution in [1.29, 1.82) is 0 Å². The first-order valence-corrected chi connectivity index (χ1v) is 14.0. The van der Waals surface area contributed by atoms with Crippen molar-refractivity contribution in [1.82, 2.24) is 0 Å². The lowest BCUT2D eigenvalue weighted by atomic mass is 10.1. The third-order valence-electron chi connectivity index (χ3n) is 4.15. The van der Waals surface area contributed by atoms with Gasteiger partial charge in [-0.1, -0.05) is 38.9 Å². The summed E-state index contributed by atoms with van der Waals surface area (Å²) >= 11 is 0. The minimum Gasteiger partial charge on any atom is -0.379 e. The molecule has 2 aromatic rings. The third kappa shape index (κ3) is 6.92. The van der Waals surface area contributed by atoms with Crippen LogP contribution in [0.5, 0.6) is 0 Å². The molecular formula is C16H15F10NO4S3. The molecule has 0 aromatic heterocycles. The molecule has 0 aliphatic rings. The van der Waals surface area contributed by atoms with Gasteiger partial charge in [0, 0.05) is 5.69 Å². The molecule has 0 heterocycles. The molecule has 0 radical (unpaired) electrons. The van der Waals surface area contributed by atoms with Gasteiger partial charge in [0.25, 0.3) is 5.91 Å². The molecule has 1 atom stereocenters. The van der Waals surface area contributed by atoms with Crippen molar-refractivity contribution in [2.75, 3.05) is 11.1 Å². The Morgan fingerprint density at radius 1 is 0.794 bits per heavy atom. The number of rotatable bonds is 7. The van der Waals surface area contributed by atoms with Crippen LogP contribution in [0.1, 0.15) is 6.92 Å². The van der Waals surface area contributed by atoms with Crippen LogP contribution in [-0.4, -0.2) is 30.8 Å². The van der Waals surface area contributed by atoms with Gasteiger partial charge in [-0.15, -0.1) is 0 Å². The van der Waals surface area contributed by atoms with Gasteiger partial charge in [0.05, 0.1) is 10.6 Å². The number of hydrogen-bond acceptors (Lipinski definition) is 4. The number of carbonyl (C=O) groups excluding carboxylic acids is 1. The molecule has 1 unspecified atom stereocenters. The highest BCUT2D eigenvalue weighted by atomic mass is 32.5. The van der Waals surface area contributed by atoms with E-state index in [1.165, 1.54) is 0 Å². The average Bonchev–Trinajstić information content (AvgIpc) is 2.57. The summed E-state index contributed by atoms with van der Waals surface area (Å²) in [5.41, 5.74) is -3.37. The topological polar surface area (TPSA) is 83.5 Å². The second kappa shape index (κ2) is 6.52. The maximum Gasteiger partial charge on any atom is 0.310 e. The molecule has 0 spiro atoms. The SMILES string of the molecule is CC(O)(CS(=O)(=O)c1ccc(S(F)(F)(F)(F)F)cc1)C(=O)Nc1ccc(S(F)(F)(F)(F)F)cc1. The summed E-state index contributed by atoms with van der Waals surface area (Å²) in [4.78, 5) is 6.58. The van der Waals surface area contributed by atoms with E-state index in [1.807, 2.05) is 0 Å². The number of aliphatic hydroxyl groups is 1. The van der Waals surface area contributed by atoms with Crippen LogP contribution >= 0.6 is 20.4 Å². The number of halogens is 10. The third-order valence-corrected chi connectivity index (χ3v) is 8.40. The molecule has 2 aromatic carbocycles. The first kappa shape index (κ1) is 28.1. The average molecular weight is 571 g/mol. The Morgan fingerprint density at radius 2 is 1.15 bits per heavy atom. The van der Waals surface area contributed by atoms with Crippen molar-refractivity contribution in [2.45, 2.75) is 27.2 Å². The molecule has 0 bridgehead atoms. The number of nitrogens with one attached hydrogen (secondary N) is 1. The van der Waals surface area contributed by atoms with Crippen molar-refractivity contribution in [3.05, 3.63) is 48.5 Å². The molecule has 0 saturated carbocycles. The van der Waals surface area contributed by atoms with Crippen LogP contribution in [0.2, 0.25) is 0 Å². The van der Waals surface area contributed by atoms with Gasteiger partial charge in [-0.25, -0.2) is 8.42 Å². The van der Waals surface area contributed by atoms with E-state index in [0.717, 1.165) is 0 Å². The smallest absolute Gasteiger partial charge is 0.310 e. The van der Waals surface area contributed by atoms with E-state index in [1.54, 1.807) is 5.32 Å². The maximum absolute atomic E-state index is 12.7. The summed E-state index contributed by atoms with van der Waals surface area (Å²) in [6.07, 6.45) is 0. The molecule has 1 amide bonds. The van der Waals surface area contributed by atoms with E-state index in [4.69, 9.17) is 0 Å². The molecule has 0 aliphatic heterocycles. The zero-order valence-corrected chi connectivity index (χ0v) is 19.0. The highest BCUT2D eigenvalue weighted by Crippen LogP contribution is 3.02. The maximum atomic E-state index is 12.7. The van der Waals surface area contributed by atoms with Crippen LogP contribution in [0.25, 0.3) is 0 Å². The summed E-state index contributed by atoms with van der Waals surface area (Å²) in [5.74, 6) is -3.01. The Bertz CT molecular complexity index is 1240. The highest BCUT2D eigenvalue weighted by Gasteiger charge is 2.66. The van der Waals surface area contributed by atoms with Gasteiger partial charge in [0.1, 0.15) is 9.79 Å². The van der Waals surface area contributed by atoms with Crippen LogP contribution in [0, 0.1) is 0 Å². The lowest BCUT2D eigenvalue weighted by molar-refractivity contribution is -0.130. The van der Waals surface area contributed by atoms with Gasteiger partial charge in [-0.05, 0) is 55.5 Å². The number of carbonyl (C=O) groups is 1. The molecule has 2 N–H and O–H groups in total. The predicted molar refractivity (Wildman–Crippen MR) is 107 cm³/mol. The van der Waals surface area contributed by atoms with Crippen LogP contribution in [0.4, 0.5) is 44.5 Å². The van der Waals surface area contributed by atoms with Gasteiger partial charge in [0.2, 0.25) is 0 Å². The minimum absolute atomic E-state index is 0.0527.